The van der Waals surface area contributed by atoms with E-state index in [1.807, 2.05) is 6.92 Å². The second-order valence-electron chi connectivity index (χ2n) is 5.42. The summed E-state index contributed by atoms with van der Waals surface area (Å²) < 4.78 is 10.5. The van der Waals surface area contributed by atoms with Gasteiger partial charge in [-0.1, -0.05) is 18.5 Å². The highest BCUT2D eigenvalue weighted by molar-refractivity contribution is 6.39. The molecule has 0 saturated carbocycles. The van der Waals surface area contributed by atoms with Crippen molar-refractivity contribution in [3.63, 3.8) is 0 Å². The van der Waals surface area contributed by atoms with Gasteiger partial charge >= 0.3 is 11.8 Å². The van der Waals surface area contributed by atoms with E-state index >= 15 is 0 Å². The molecule has 0 aromatic heterocycles. The first kappa shape index (κ1) is 20.3. The van der Waals surface area contributed by atoms with Crippen LogP contribution in [-0.4, -0.2) is 31.7 Å². The first-order valence-electron chi connectivity index (χ1n) is 8.24. The Kier molecular flexibility index (Phi) is 7.63. The summed E-state index contributed by atoms with van der Waals surface area (Å²) in [6.45, 7) is 2.63. The highest BCUT2D eigenvalue weighted by Gasteiger charge is 2.12. The average molecular weight is 390 g/mol. The zero-order valence-corrected chi connectivity index (χ0v) is 15.7. The third-order valence-electron chi connectivity index (χ3n) is 3.35. The molecule has 0 atom stereocenters. The standard InChI is InChI=1S/C19H20ClN3O4/c1-3-10-27-15-7-5-14(6-8-15)22-18(24)19(25)23-21-12-13-4-9-17(26-2)16(20)11-13/h4-9,11-12H,3,10H2,1-2H3,(H,22,24)(H,23,25)/b21-12-. The van der Waals surface area contributed by atoms with Crippen molar-refractivity contribution in [1.82, 2.24) is 5.43 Å². The number of benzene rings is 2. The van der Waals surface area contributed by atoms with Gasteiger partial charge in [0.05, 0.1) is 25.0 Å². The fourth-order valence-electron chi connectivity index (χ4n) is 2.02. The fourth-order valence-corrected chi connectivity index (χ4v) is 2.29. The van der Waals surface area contributed by atoms with Crippen molar-refractivity contribution in [3.05, 3.63) is 53.1 Å². The van der Waals surface area contributed by atoms with E-state index in [0.29, 0.717) is 34.4 Å². The lowest BCUT2D eigenvalue weighted by Gasteiger charge is -2.07. The molecule has 0 radical (unpaired) electrons. The predicted molar refractivity (Wildman–Crippen MR) is 105 cm³/mol. The smallest absolute Gasteiger partial charge is 0.329 e. The van der Waals surface area contributed by atoms with Crippen LogP contribution < -0.4 is 20.2 Å². The predicted octanol–water partition coefficient (Wildman–Crippen LogP) is 3.23. The topological polar surface area (TPSA) is 89.0 Å². The molecule has 0 bridgehead atoms. The van der Waals surface area contributed by atoms with Crippen molar-refractivity contribution in [3.8, 4) is 11.5 Å². The van der Waals surface area contributed by atoms with Gasteiger partial charge in [0.2, 0.25) is 0 Å². The van der Waals surface area contributed by atoms with Crippen molar-refractivity contribution < 1.29 is 19.1 Å². The first-order chi connectivity index (χ1) is 13.0. The number of amides is 2. The number of carbonyl (C=O) groups excluding carboxylic acids is 2. The van der Waals surface area contributed by atoms with Crippen molar-refractivity contribution in [2.75, 3.05) is 19.0 Å². The van der Waals surface area contributed by atoms with Gasteiger partial charge in [-0.2, -0.15) is 5.10 Å². The molecule has 0 fully saturated rings. The normalized spacial score (nSPS) is 10.5. The van der Waals surface area contributed by atoms with E-state index in [-0.39, 0.29) is 0 Å². The number of hydrogen-bond donors (Lipinski definition) is 2. The minimum Gasteiger partial charge on any atom is -0.495 e. The number of methoxy groups -OCH3 is 1. The molecule has 7 nitrogen and oxygen atoms in total. The van der Waals surface area contributed by atoms with E-state index in [1.54, 1.807) is 42.5 Å². The van der Waals surface area contributed by atoms with Gasteiger partial charge in [0, 0.05) is 5.69 Å². The van der Waals surface area contributed by atoms with Crippen LogP contribution in [0, 0.1) is 0 Å². The van der Waals surface area contributed by atoms with Gasteiger partial charge in [-0.05, 0) is 54.4 Å². The minimum absolute atomic E-state index is 0.414. The van der Waals surface area contributed by atoms with Gasteiger partial charge in [-0.25, -0.2) is 5.43 Å². The number of ether oxygens (including phenoxy) is 2. The van der Waals surface area contributed by atoms with Gasteiger partial charge < -0.3 is 14.8 Å². The molecule has 0 aliphatic heterocycles. The fraction of sp³-hybridized carbons (Fsp3) is 0.211. The first-order valence-corrected chi connectivity index (χ1v) is 8.62. The SMILES string of the molecule is CCCOc1ccc(NC(=O)C(=O)N/N=C\c2ccc(OC)c(Cl)c2)cc1. The number of rotatable bonds is 7. The molecule has 0 aliphatic carbocycles. The van der Waals surface area contributed by atoms with Crippen molar-refractivity contribution >= 4 is 35.3 Å². The Labute approximate surface area is 162 Å². The molecule has 2 N–H and O–H groups in total. The summed E-state index contributed by atoms with van der Waals surface area (Å²) in [7, 11) is 1.51. The molecule has 27 heavy (non-hydrogen) atoms. The zero-order valence-electron chi connectivity index (χ0n) is 15.0. The third kappa shape index (κ3) is 6.31. The molecule has 0 unspecified atom stereocenters. The Morgan fingerprint density at radius 1 is 1.15 bits per heavy atom. The molecule has 2 aromatic rings. The Hall–Kier alpha value is -3.06. The number of halogens is 1. The number of carbonyl (C=O) groups is 2. The molecule has 0 spiro atoms. The maximum Gasteiger partial charge on any atom is 0.329 e. The zero-order chi connectivity index (χ0) is 19.6. The maximum atomic E-state index is 11.9. The Balaban J connectivity index is 1.86. The average Bonchev–Trinajstić information content (AvgIpc) is 2.67. The van der Waals surface area contributed by atoms with Crippen LogP contribution in [0.25, 0.3) is 0 Å². The van der Waals surface area contributed by atoms with Crippen LogP contribution in [0.2, 0.25) is 5.02 Å². The van der Waals surface area contributed by atoms with Crippen LogP contribution in [0.3, 0.4) is 0 Å². The van der Waals surface area contributed by atoms with Crippen LogP contribution in [0.5, 0.6) is 11.5 Å². The van der Waals surface area contributed by atoms with E-state index in [9.17, 15) is 9.59 Å². The van der Waals surface area contributed by atoms with Crippen molar-refractivity contribution in [2.24, 2.45) is 5.10 Å². The van der Waals surface area contributed by atoms with Crippen molar-refractivity contribution in [1.29, 1.82) is 0 Å². The quantitative estimate of drug-likeness (QED) is 0.432. The van der Waals surface area contributed by atoms with Gasteiger partial charge in [-0.15, -0.1) is 0 Å². The van der Waals surface area contributed by atoms with E-state index in [0.717, 1.165) is 6.42 Å². The molecular formula is C19H20ClN3O4. The number of anilines is 1. The molecule has 8 heteroatoms. The molecule has 2 amide bonds. The third-order valence-corrected chi connectivity index (χ3v) is 3.64. The Morgan fingerprint density at radius 3 is 2.52 bits per heavy atom. The Morgan fingerprint density at radius 2 is 1.89 bits per heavy atom. The van der Waals surface area contributed by atoms with Gasteiger partial charge in [0.15, 0.2) is 0 Å². The molecule has 0 saturated heterocycles. The lowest BCUT2D eigenvalue weighted by molar-refractivity contribution is -0.136. The Bertz CT molecular complexity index is 822. The monoisotopic (exact) mass is 389 g/mol. The lowest BCUT2D eigenvalue weighted by atomic mass is 10.2. The number of nitrogens with one attached hydrogen (secondary N) is 2. The van der Waals surface area contributed by atoms with Crippen molar-refractivity contribution in [2.45, 2.75) is 13.3 Å². The van der Waals surface area contributed by atoms with E-state index in [2.05, 4.69) is 15.8 Å². The lowest BCUT2D eigenvalue weighted by Crippen LogP contribution is -2.32. The molecule has 0 heterocycles. The summed E-state index contributed by atoms with van der Waals surface area (Å²) in [6, 6.07) is 11.7. The van der Waals surface area contributed by atoms with Crippen LogP contribution in [0.1, 0.15) is 18.9 Å². The summed E-state index contributed by atoms with van der Waals surface area (Å²) in [5, 5.41) is 6.64. The minimum atomic E-state index is -0.892. The van der Waals surface area contributed by atoms with E-state index in [4.69, 9.17) is 21.1 Å². The molecule has 2 rings (SSSR count). The van der Waals surface area contributed by atoms with E-state index < -0.39 is 11.8 Å². The van der Waals surface area contributed by atoms with Gasteiger partial charge in [0.1, 0.15) is 11.5 Å². The summed E-state index contributed by atoms with van der Waals surface area (Å²) in [4.78, 5) is 23.7. The summed E-state index contributed by atoms with van der Waals surface area (Å²) in [5.74, 6) is -0.496. The highest BCUT2D eigenvalue weighted by atomic mass is 35.5. The van der Waals surface area contributed by atoms with Crippen LogP contribution in [0.4, 0.5) is 5.69 Å². The number of hydrogen-bond acceptors (Lipinski definition) is 5. The van der Waals surface area contributed by atoms with Crippen LogP contribution in [-0.2, 0) is 9.59 Å². The molecule has 2 aromatic carbocycles. The molecule has 0 aliphatic rings. The summed E-state index contributed by atoms with van der Waals surface area (Å²) in [6.07, 6.45) is 2.28. The largest absolute Gasteiger partial charge is 0.495 e. The summed E-state index contributed by atoms with van der Waals surface area (Å²) in [5.41, 5.74) is 3.28. The maximum absolute atomic E-state index is 11.9. The number of hydrazone groups is 1. The number of nitrogens with zero attached hydrogens (tertiary/aromatic N) is 1. The van der Waals surface area contributed by atoms with E-state index in [1.165, 1.54) is 13.3 Å². The molecule has 142 valence electrons. The van der Waals surface area contributed by atoms with Crippen LogP contribution in [0.15, 0.2) is 47.6 Å². The second kappa shape index (κ2) is 10.2. The van der Waals surface area contributed by atoms with Crippen LogP contribution >= 0.6 is 11.6 Å². The highest BCUT2D eigenvalue weighted by Crippen LogP contribution is 2.24. The van der Waals surface area contributed by atoms with Gasteiger partial charge in [-0.3, -0.25) is 9.59 Å². The van der Waals surface area contributed by atoms with Gasteiger partial charge in [0.25, 0.3) is 0 Å². The second-order valence-corrected chi connectivity index (χ2v) is 5.83. The molecular weight excluding hydrogens is 370 g/mol. The summed E-state index contributed by atoms with van der Waals surface area (Å²) >= 11 is 6.00.